The lowest BCUT2D eigenvalue weighted by Crippen LogP contribution is -2.22. The number of hydrogen-bond donors (Lipinski definition) is 1. The Hall–Kier alpha value is -0.950. The molecule has 104 valence electrons. The maximum absolute atomic E-state index is 12.6. The average molecular weight is 343 g/mol. The molecular formula is C13H11ClN2OS3. The van der Waals surface area contributed by atoms with E-state index in [-0.39, 0.29) is 5.56 Å². The second-order valence-corrected chi connectivity index (χ2v) is 7.93. The van der Waals surface area contributed by atoms with Gasteiger partial charge in [-0.1, -0.05) is 11.6 Å². The molecule has 3 aromatic rings. The van der Waals surface area contributed by atoms with Crippen LogP contribution in [0.1, 0.15) is 15.3 Å². The van der Waals surface area contributed by atoms with Crippen molar-refractivity contribution in [1.29, 1.82) is 0 Å². The quantitative estimate of drug-likeness (QED) is 0.696. The number of hydrogen-bond acceptors (Lipinski definition) is 4. The lowest BCUT2D eigenvalue weighted by atomic mass is 10.2. The second kappa shape index (κ2) is 5.11. The summed E-state index contributed by atoms with van der Waals surface area (Å²) in [6.07, 6.45) is 0. The second-order valence-electron chi connectivity index (χ2n) is 4.51. The third kappa shape index (κ3) is 2.26. The van der Waals surface area contributed by atoms with Crippen molar-refractivity contribution in [2.24, 2.45) is 0 Å². The largest absolute Gasteiger partial charge is 0.323 e. The van der Waals surface area contributed by atoms with Gasteiger partial charge >= 0.3 is 0 Å². The normalized spacial score (nSPS) is 11.3. The number of thiophene rings is 2. The summed E-state index contributed by atoms with van der Waals surface area (Å²) in [6, 6.07) is 3.75. The predicted octanol–water partition coefficient (Wildman–Crippen LogP) is 4.50. The van der Waals surface area contributed by atoms with Gasteiger partial charge in [-0.15, -0.1) is 22.7 Å². The highest BCUT2D eigenvalue weighted by atomic mass is 35.5. The highest BCUT2D eigenvalue weighted by Crippen LogP contribution is 2.26. The summed E-state index contributed by atoms with van der Waals surface area (Å²) in [7, 11) is 0. The highest BCUT2D eigenvalue weighted by molar-refractivity contribution is 7.71. The zero-order valence-corrected chi connectivity index (χ0v) is 14.0. The van der Waals surface area contributed by atoms with Gasteiger partial charge in [0.15, 0.2) is 4.77 Å². The maximum Gasteiger partial charge on any atom is 0.263 e. The zero-order valence-electron chi connectivity index (χ0n) is 10.8. The van der Waals surface area contributed by atoms with Crippen molar-refractivity contribution < 1.29 is 0 Å². The van der Waals surface area contributed by atoms with Gasteiger partial charge in [-0.3, -0.25) is 9.36 Å². The first-order valence-electron chi connectivity index (χ1n) is 5.94. The van der Waals surface area contributed by atoms with Crippen LogP contribution in [0.4, 0.5) is 0 Å². The molecule has 3 nitrogen and oxygen atoms in total. The van der Waals surface area contributed by atoms with Gasteiger partial charge in [-0.25, -0.2) is 0 Å². The SMILES string of the molecule is Cc1sc2[nH]c(=S)n(Cc3ccc(Cl)s3)c(=O)c2c1C. The molecule has 0 bridgehead atoms. The van der Waals surface area contributed by atoms with Crippen molar-refractivity contribution in [3.8, 4) is 0 Å². The van der Waals surface area contributed by atoms with E-state index in [1.165, 1.54) is 11.3 Å². The minimum absolute atomic E-state index is 0.0323. The standard InChI is InChI=1S/C13H11ClN2OS3/c1-6-7(2)19-11-10(6)12(17)16(13(18)15-11)5-8-3-4-9(14)20-8/h3-4H,5H2,1-2H3,(H,15,18). The molecule has 0 spiro atoms. The van der Waals surface area contributed by atoms with Crippen LogP contribution in [0.3, 0.4) is 0 Å². The average Bonchev–Trinajstić information content (AvgIpc) is 2.90. The summed E-state index contributed by atoms with van der Waals surface area (Å²) in [6.45, 7) is 4.44. The number of aromatic nitrogens is 2. The van der Waals surface area contributed by atoms with Crippen molar-refractivity contribution in [2.45, 2.75) is 20.4 Å². The molecule has 0 aliphatic carbocycles. The summed E-state index contributed by atoms with van der Waals surface area (Å²) < 4.78 is 2.76. The summed E-state index contributed by atoms with van der Waals surface area (Å²) in [5.74, 6) is 0. The van der Waals surface area contributed by atoms with Gasteiger partial charge in [0.05, 0.1) is 16.3 Å². The van der Waals surface area contributed by atoms with Gasteiger partial charge < -0.3 is 4.98 Å². The number of H-pyrrole nitrogens is 1. The number of nitrogens with zero attached hydrogens (tertiary/aromatic N) is 1. The van der Waals surface area contributed by atoms with Crippen LogP contribution in [0, 0.1) is 18.6 Å². The third-order valence-electron chi connectivity index (χ3n) is 3.25. The van der Waals surface area contributed by atoms with Gasteiger partial charge in [0, 0.05) is 9.75 Å². The molecule has 3 aromatic heterocycles. The van der Waals surface area contributed by atoms with E-state index in [4.69, 9.17) is 23.8 Å². The fourth-order valence-electron chi connectivity index (χ4n) is 2.10. The zero-order chi connectivity index (χ0) is 14.4. The first-order chi connectivity index (χ1) is 9.47. The van der Waals surface area contributed by atoms with Crippen molar-refractivity contribution >= 4 is 56.7 Å². The molecular weight excluding hydrogens is 332 g/mol. The molecule has 0 amide bonds. The molecule has 0 fully saturated rings. The Labute approximate surface area is 133 Å². The Morgan fingerprint density at radius 3 is 2.75 bits per heavy atom. The Morgan fingerprint density at radius 2 is 2.10 bits per heavy atom. The van der Waals surface area contributed by atoms with Gasteiger partial charge in [-0.2, -0.15) is 0 Å². The van der Waals surface area contributed by atoms with Crippen molar-refractivity contribution in [3.05, 3.63) is 46.9 Å². The van der Waals surface area contributed by atoms with Crippen molar-refractivity contribution in [2.75, 3.05) is 0 Å². The van der Waals surface area contributed by atoms with Gasteiger partial charge in [0.2, 0.25) is 0 Å². The van der Waals surface area contributed by atoms with E-state index >= 15 is 0 Å². The van der Waals surface area contributed by atoms with Crippen molar-refractivity contribution in [3.63, 3.8) is 0 Å². The van der Waals surface area contributed by atoms with Crippen LogP contribution in [-0.2, 0) is 6.54 Å². The molecule has 0 saturated carbocycles. The molecule has 1 N–H and O–H groups in total. The van der Waals surface area contributed by atoms with Crippen LogP contribution in [0.5, 0.6) is 0 Å². The van der Waals surface area contributed by atoms with Crippen LogP contribution >= 0.6 is 46.5 Å². The molecule has 0 aromatic carbocycles. The Bertz CT molecular complexity index is 916. The van der Waals surface area contributed by atoms with Gasteiger partial charge in [0.1, 0.15) is 4.83 Å². The number of aromatic amines is 1. The molecule has 0 aliphatic rings. The Morgan fingerprint density at radius 1 is 1.35 bits per heavy atom. The van der Waals surface area contributed by atoms with E-state index < -0.39 is 0 Å². The van der Waals surface area contributed by atoms with E-state index in [0.717, 1.165) is 25.5 Å². The fourth-order valence-corrected chi connectivity index (χ4v) is 4.54. The third-order valence-corrected chi connectivity index (χ3v) is 5.91. The van der Waals surface area contributed by atoms with E-state index in [2.05, 4.69) is 4.98 Å². The molecule has 0 saturated heterocycles. The minimum atomic E-state index is -0.0323. The van der Waals surface area contributed by atoms with E-state index in [1.54, 1.807) is 15.9 Å². The van der Waals surface area contributed by atoms with Crippen LogP contribution in [0.15, 0.2) is 16.9 Å². The summed E-state index contributed by atoms with van der Waals surface area (Å²) in [5.41, 5.74) is 0.995. The van der Waals surface area contributed by atoms with E-state index in [1.807, 2.05) is 26.0 Å². The molecule has 0 unspecified atom stereocenters. The highest BCUT2D eigenvalue weighted by Gasteiger charge is 2.13. The molecule has 3 rings (SSSR count). The molecule has 0 aliphatic heterocycles. The topological polar surface area (TPSA) is 37.8 Å². The molecule has 0 atom stereocenters. The number of halogens is 1. The first-order valence-corrected chi connectivity index (χ1v) is 8.36. The van der Waals surface area contributed by atoms with Crippen LogP contribution in [0.2, 0.25) is 4.34 Å². The van der Waals surface area contributed by atoms with Gasteiger partial charge in [0.25, 0.3) is 5.56 Å². The lowest BCUT2D eigenvalue weighted by molar-refractivity contribution is 0.744. The Balaban J connectivity index is 2.23. The number of rotatable bonds is 2. The maximum atomic E-state index is 12.6. The number of nitrogens with one attached hydrogen (secondary N) is 1. The predicted molar refractivity (Wildman–Crippen MR) is 89.2 cm³/mol. The Kier molecular flexibility index (Phi) is 3.58. The smallest absolute Gasteiger partial charge is 0.263 e. The lowest BCUT2D eigenvalue weighted by Gasteiger charge is -2.05. The van der Waals surface area contributed by atoms with Gasteiger partial charge in [-0.05, 0) is 43.8 Å². The molecule has 20 heavy (non-hydrogen) atoms. The molecule has 7 heteroatoms. The monoisotopic (exact) mass is 342 g/mol. The van der Waals surface area contributed by atoms with Crippen LogP contribution < -0.4 is 5.56 Å². The van der Waals surface area contributed by atoms with Crippen LogP contribution in [0.25, 0.3) is 10.2 Å². The molecule has 3 heterocycles. The van der Waals surface area contributed by atoms with E-state index in [9.17, 15) is 4.79 Å². The van der Waals surface area contributed by atoms with Crippen LogP contribution in [-0.4, -0.2) is 9.55 Å². The fraction of sp³-hybridized carbons (Fsp3) is 0.231. The summed E-state index contributed by atoms with van der Waals surface area (Å²) in [5, 5.41) is 0.740. The molecule has 0 radical (unpaired) electrons. The first kappa shape index (κ1) is 14.0. The van der Waals surface area contributed by atoms with E-state index in [0.29, 0.717) is 15.7 Å². The number of aryl methyl sites for hydroxylation is 2. The summed E-state index contributed by atoms with van der Waals surface area (Å²) in [4.78, 5) is 18.8. The van der Waals surface area contributed by atoms with Crippen molar-refractivity contribution in [1.82, 2.24) is 9.55 Å². The minimum Gasteiger partial charge on any atom is -0.323 e. The summed E-state index contributed by atoms with van der Waals surface area (Å²) >= 11 is 14.3. The number of fused-ring (bicyclic) bond motifs is 1.